The number of benzene rings is 1. The Morgan fingerprint density at radius 2 is 2.00 bits per heavy atom. The second-order valence-electron chi connectivity index (χ2n) is 3.62. The van der Waals surface area contributed by atoms with Crippen LogP contribution in [0, 0.1) is 0 Å². The molecule has 1 unspecified atom stereocenters. The van der Waals surface area contributed by atoms with Gasteiger partial charge in [-0.15, -0.1) is 0 Å². The minimum Gasteiger partial charge on any atom is -0.465 e. The molecule has 1 aromatic rings. The van der Waals surface area contributed by atoms with Crippen molar-refractivity contribution in [3.05, 3.63) is 35.4 Å². The van der Waals surface area contributed by atoms with Gasteiger partial charge in [-0.25, -0.2) is 4.79 Å². The topological polar surface area (TPSA) is 43.4 Å². The van der Waals surface area contributed by atoms with Gasteiger partial charge in [-0.3, -0.25) is 0 Å². The highest BCUT2D eigenvalue weighted by Gasteiger charge is 2.10. The van der Waals surface area contributed by atoms with E-state index in [1.807, 2.05) is 19.1 Å². The smallest absolute Gasteiger partial charge is 0.337 e. The highest BCUT2D eigenvalue weighted by Crippen LogP contribution is 2.22. The molecule has 1 aromatic carbocycles. The molecule has 1 rings (SSSR count). The van der Waals surface area contributed by atoms with Crippen LogP contribution in [-0.2, 0) is 9.53 Å². The van der Waals surface area contributed by atoms with Crippen molar-refractivity contribution in [3.63, 3.8) is 0 Å². The zero-order valence-electron chi connectivity index (χ0n) is 9.60. The molecule has 0 aromatic heterocycles. The number of hydrogen-bond acceptors (Lipinski definition) is 3. The van der Waals surface area contributed by atoms with Gasteiger partial charge in [0.05, 0.1) is 12.7 Å². The summed E-state index contributed by atoms with van der Waals surface area (Å²) in [6.07, 6.45) is 2.37. The minimum absolute atomic E-state index is 0.240. The van der Waals surface area contributed by atoms with Gasteiger partial charge in [0.1, 0.15) is 6.29 Å². The maximum Gasteiger partial charge on any atom is 0.337 e. The molecule has 0 radical (unpaired) electrons. The maximum atomic E-state index is 11.2. The van der Waals surface area contributed by atoms with Crippen molar-refractivity contribution < 1.29 is 14.3 Å². The lowest BCUT2D eigenvalue weighted by Crippen LogP contribution is -2.03. The summed E-state index contributed by atoms with van der Waals surface area (Å²) in [6, 6.07) is 7.22. The quantitative estimate of drug-likeness (QED) is 0.565. The van der Waals surface area contributed by atoms with Crippen LogP contribution in [0.4, 0.5) is 0 Å². The Morgan fingerprint density at radius 1 is 1.38 bits per heavy atom. The average molecular weight is 220 g/mol. The fraction of sp³-hybridized carbons (Fsp3) is 0.385. The number of rotatable bonds is 5. The molecule has 0 spiro atoms. The van der Waals surface area contributed by atoms with Gasteiger partial charge >= 0.3 is 5.97 Å². The van der Waals surface area contributed by atoms with Crippen molar-refractivity contribution in [1.29, 1.82) is 0 Å². The van der Waals surface area contributed by atoms with E-state index in [9.17, 15) is 9.59 Å². The molecule has 3 nitrogen and oxygen atoms in total. The Balaban J connectivity index is 2.84. The Morgan fingerprint density at radius 3 is 2.44 bits per heavy atom. The van der Waals surface area contributed by atoms with Gasteiger partial charge in [0.15, 0.2) is 0 Å². The van der Waals surface area contributed by atoms with Gasteiger partial charge in [0, 0.05) is 6.42 Å². The lowest BCUT2D eigenvalue weighted by Gasteiger charge is -2.12. The van der Waals surface area contributed by atoms with E-state index >= 15 is 0 Å². The third kappa shape index (κ3) is 2.92. The first kappa shape index (κ1) is 12.4. The normalized spacial score (nSPS) is 11.9. The van der Waals surface area contributed by atoms with Crippen LogP contribution in [0.1, 0.15) is 41.6 Å². The van der Waals surface area contributed by atoms with Crippen LogP contribution in [-0.4, -0.2) is 19.4 Å². The SMILES string of the molecule is CCC(CC=O)c1ccc(C(=O)OC)cc1. The first-order chi connectivity index (χ1) is 7.72. The van der Waals surface area contributed by atoms with Crippen molar-refractivity contribution in [3.8, 4) is 0 Å². The predicted octanol–water partition coefficient (Wildman–Crippen LogP) is 2.56. The number of ether oxygens (including phenoxy) is 1. The van der Waals surface area contributed by atoms with E-state index in [2.05, 4.69) is 4.74 Å². The largest absolute Gasteiger partial charge is 0.465 e. The summed E-state index contributed by atoms with van der Waals surface area (Å²) >= 11 is 0. The van der Waals surface area contributed by atoms with Crippen LogP contribution in [0.3, 0.4) is 0 Å². The predicted molar refractivity (Wildman–Crippen MR) is 61.5 cm³/mol. The Hall–Kier alpha value is -1.64. The molecule has 0 aliphatic heterocycles. The molecule has 1 atom stereocenters. The second kappa shape index (κ2) is 6.05. The molecule has 0 aliphatic rings. The molecule has 16 heavy (non-hydrogen) atoms. The second-order valence-corrected chi connectivity index (χ2v) is 3.62. The van der Waals surface area contributed by atoms with Crippen molar-refractivity contribution in [1.82, 2.24) is 0 Å². The highest BCUT2D eigenvalue weighted by atomic mass is 16.5. The van der Waals surface area contributed by atoms with E-state index in [0.717, 1.165) is 18.3 Å². The van der Waals surface area contributed by atoms with Crippen molar-refractivity contribution in [2.75, 3.05) is 7.11 Å². The molecule has 0 amide bonds. The summed E-state index contributed by atoms with van der Waals surface area (Å²) in [5, 5.41) is 0. The van der Waals surface area contributed by atoms with Crippen LogP contribution in [0.5, 0.6) is 0 Å². The molecule has 0 saturated heterocycles. The van der Waals surface area contributed by atoms with E-state index in [4.69, 9.17) is 0 Å². The fourth-order valence-electron chi connectivity index (χ4n) is 1.66. The zero-order chi connectivity index (χ0) is 12.0. The number of methoxy groups -OCH3 is 1. The molecule has 86 valence electrons. The van der Waals surface area contributed by atoms with Gasteiger partial charge in [-0.05, 0) is 30.0 Å². The van der Waals surface area contributed by atoms with E-state index < -0.39 is 0 Å². The fourth-order valence-corrected chi connectivity index (χ4v) is 1.66. The molecular formula is C13H16O3. The third-order valence-electron chi connectivity index (χ3n) is 2.68. The lowest BCUT2D eigenvalue weighted by molar-refractivity contribution is -0.108. The highest BCUT2D eigenvalue weighted by molar-refractivity contribution is 5.89. The summed E-state index contributed by atoms with van der Waals surface area (Å²) in [6.45, 7) is 2.04. The Kier molecular flexibility index (Phi) is 4.70. The Labute approximate surface area is 95.4 Å². The van der Waals surface area contributed by atoms with Gasteiger partial charge in [-0.1, -0.05) is 19.1 Å². The third-order valence-corrected chi connectivity index (χ3v) is 2.68. The molecule has 0 saturated carbocycles. The summed E-state index contributed by atoms with van der Waals surface area (Å²) in [4.78, 5) is 21.7. The van der Waals surface area contributed by atoms with Crippen LogP contribution in [0.15, 0.2) is 24.3 Å². The molecule has 0 aliphatic carbocycles. The molecule has 0 bridgehead atoms. The van der Waals surface area contributed by atoms with Crippen LogP contribution >= 0.6 is 0 Å². The maximum absolute atomic E-state index is 11.2. The zero-order valence-corrected chi connectivity index (χ0v) is 9.60. The van der Waals surface area contributed by atoms with Gasteiger partial charge < -0.3 is 9.53 Å². The molecular weight excluding hydrogens is 204 g/mol. The summed E-state index contributed by atoms with van der Waals surface area (Å²) in [5.74, 6) is -0.0980. The van der Waals surface area contributed by atoms with Crippen molar-refractivity contribution in [2.24, 2.45) is 0 Å². The number of aldehydes is 1. The van der Waals surface area contributed by atoms with Crippen molar-refractivity contribution >= 4 is 12.3 Å². The summed E-state index contributed by atoms with van der Waals surface area (Å²) in [5.41, 5.74) is 1.62. The van der Waals surface area contributed by atoms with Crippen molar-refractivity contribution in [2.45, 2.75) is 25.7 Å². The standard InChI is InChI=1S/C13H16O3/c1-3-10(8-9-14)11-4-6-12(7-5-11)13(15)16-2/h4-7,9-10H,3,8H2,1-2H3. The molecule has 0 heterocycles. The number of carbonyl (C=O) groups is 2. The first-order valence-electron chi connectivity index (χ1n) is 5.34. The number of hydrogen-bond donors (Lipinski definition) is 0. The number of carbonyl (C=O) groups excluding carboxylic acids is 2. The molecule has 0 fully saturated rings. The van der Waals surface area contributed by atoms with E-state index in [1.54, 1.807) is 12.1 Å². The van der Waals surface area contributed by atoms with Crippen LogP contribution < -0.4 is 0 Å². The van der Waals surface area contributed by atoms with Gasteiger partial charge in [0.2, 0.25) is 0 Å². The van der Waals surface area contributed by atoms with Gasteiger partial charge in [0.25, 0.3) is 0 Å². The number of esters is 1. The first-order valence-corrected chi connectivity index (χ1v) is 5.34. The van der Waals surface area contributed by atoms with E-state index in [0.29, 0.717) is 12.0 Å². The average Bonchev–Trinajstić information content (AvgIpc) is 2.35. The van der Waals surface area contributed by atoms with E-state index in [1.165, 1.54) is 7.11 Å². The lowest BCUT2D eigenvalue weighted by atomic mass is 9.93. The Bertz CT molecular complexity index is 354. The summed E-state index contributed by atoms with van der Waals surface area (Å²) in [7, 11) is 1.36. The van der Waals surface area contributed by atoms with Crippen LogP contribution in [0.2, 0.25) is 0 Å². The van der Waals surface area contributed by atoms with Gasteiger partial charge in [-0.2, -0.15) is 0 Å². The summed E-state index contributed by atoms with van der Waals surface area (Å²) < 4.78 is 4.62. The molecule has 3 heteroatoms. The minimum atomic E-state index is -0.338. The molecule has 0 N–H and O–H groups in total. The van der Waals surface area contributed by atoms with E-state index in [-0.39, 0.29) is 11.9 Å². The van der Waals surface area contributed by atoms with Crippen LogP contribution in [0.25, 0.3) is 0 Å². The monoisotopic (exact) mass is 220 g/mol.